The third-order valence-corrected chi connectivity index (χ3v) is 3.02. The Labute approximate surface area is 148 Å². The van der Waals surface area contributed by atoms with Gasteiger partial charge in [-0.2, -0.15) is 0 Å². The Kier molecular flexibility index (Phi) is 21.9. The molecule has 17 heavy (non-hydrogen) atoms. The minimum atomic E-state index is -2.08. The van der Waals surface area contributed by atoms with E-state index in [1.165, 1.54) is 12.8 Å². The molecule has 0 aromatic heterocycles. The molecule has 1 rings (SSSR count). The standard InChI is InChI=1S/C6H16N2.C4H9O3P.K/c7-5-3-1-2-4-6-8;5-8-6-3-1-2-4-7-8;/h1-8H2;8H,1-4H2;. The molecule has 0 unspecified atom stereocenters. The van der Waals surface area contributed by atoms with E-state index in [0.29, 0.717) is 13.2 Å². The van der Waals surface area contributed by atoms with E-state index < -0.39 is 8.25 Å². The van der Waals surface area contributed by atoms with Gasteiger partial charge in [-0.25, -0.2) is 0 Å². The van der Waals surface area contributed by atoms with Crippen LogP contribution in [0.5, 0.6) is 0 Å². The molecule has 99 valence electrons. The number of hydrogen-bond donors (Lipinski definition) is 2. The van der Waals surface area contributed by atoms with Crippen LogP contribution in [-0.2, 0) is 13.6 Å². The minimum Gasteiger partial charge on any atom is -0.330 e. The van der Waals surface area contributed by atoms with Crippen LogP contribution in [0.2, 0.25) is 0 Å². The SMILES string of the molecule is NCCCCCCN.O=[PH]1OCCCCO1.[K]. The van der Waals surface area contributed by atoms with E-state index in [1.54, 1.807) is 0 Å². The Morgan fingerprint density at radius 2 is 1.29 bits per heavy atom. The molecular formula is C10H25KN2O3P. The Morgan fingerprint density at radius 3 is 1.65 bits per heavy atom. The van der Waals surface area contributed by atoms with Crippen molar-refractivity contribution in [3.63, 3.8) is 0 Å². The van der Waals surface area contributed by atoms with E-state index >= 15 is 0 Å². The van der Waals surface area contributed by atoms with Gasteiger partial charge in [0.25, 0.3) is 0 Å². The second kappa shape index (κ2) is 17.7. The fourth-order valence-electron chi connectivity index (χ4n) is 1.20. The van der Waals surface area contributed by atoms with E-state index in [1.807, 2.05) is 0 Å². The molecule has 1 aliphatic rings. The van der Waals surface area contributed by atoms with Crippen molar-refractivity contribution in [2.24, 2.45) is 11.5 Å². The fraction of sp³-hybridized carbons (Fsp3) is 1.00. The molecular weight excluding hydrogens is 266 g/mol. The van der Waals surface area contributed by atoms with Gasteiger partial charge in [0.15, 0.2) is 0 Å². The summed E-state index contributed by atoms with van der Waals surface area (Å²) in [4.78, 5) is 0. The van der Waals surface area contributed by atoms with Crippen LogP contribution >= 0.6 is 8.25 Å². The summed E-state index contributed by atoms with van der Waals surface area (Å²) in [6.45, 7) is 2.84. The van der Waals surface area contributed by atoms with E-state index in [9.17, 15) is 4.57 Å². The molecule has 0 aliphatic carbocycles. The van der Waals surface area contributed by atoms with Crippen molar-refractivity contribution in [2.45, 2.75) is 38.5 Å². The molecule has 5 nitrogen and oxygen atoms in total. The predicted octanol–water partition coefficient (Wildman–Crippen LogP) is 1.29. The second-order valence-electron chi connectivity index (χ2n) is 3.65. The third-order valence-electron chi connectivity index (χ3n) is 2.14. The smallest absolute Gasteiger partial charge is 0.319 e. The average molecular weight is 291 g/mol. The van der Waals surface area contributed by atoms with Gasteiger partial charge in [-0.1, -0.05) is 12.8 Å². The van der Waals surface area contributed by atoms with Gasteiger partial charge in [-0.3, -0.25) is 4.57 Å². The summed E-state index contributed by atoms with van der Waals surface area (Å²) in [7, 11) is -2.08. The molecule has 1 saturated heterocycles. The maximum absolute atomic E-state index is 10.4. The molecule has 7 heteroatoms. The van der Waals surface area contributed by atoms with Crippen molar-refractivity contribution in [2.75, 3.05) is 26.3 Å². The van der Waals surface area contributed by atoms with Gasteiger partial charge < -0.3 is 20.5 Å². The molecule has 0 spiro atoms. The number of nitrogens with two attached hydrogens (primary N) is 2. The van der Waals surface area contributed by atoms with Gasteiger partial charge in [0.2, 0.25) is 0 Å². The molecule has 0 atom stereocenters. The van der Waals surface area contributed by atoms with Crippen LogP contribution in [0.15, 0.2) is 0 Å². The van der Waals surface area contributed by atoms with Gasteiger partial charge in [-0.05, 0) is 38.8 Å². The summed E-state index contributed by atoms with van der Waals surface area (Å²) in [5.41, 5.74) is 10.6. The summed E-state index contributed by atoms with van der Waals surface area (Å²) >= 11 is 0. The molecule has 1 aliphatic heterocycles. The molecule has 1 fully saturated rings. The van der Waals surface area contributed by atoms with Crippen molar-refractivity contribution in [3.8, 4) is 0 Å². The maximum Gasteiger partial charge on any atom is 0.319 e. The second-order valence-corrected chi connectivity index (χ2v) is 4.72. The third kappa shape index (κ3) is 17.7. The summed E-state index contributed by atoms with van der Waals surface area (Å²) < 4.78 is 19.9. The predicted molar refractivity (Wildman–Crippen MR) is 72.5 cm³/mol. The minimum absolute atomic E-state index is 0. The van der Waals surface area contributed by atoms with E-state index in [4.69, 9.17) is 20.5 Å². The van der Waals surface area contributed by atoms with Gasteiger partial charge in [0, 0.05) is 51.4 Å². The first kappa shape index (κ1) is 21.0. The first-order chi connectivity index (χ1) is 7.81. The summed E-state index contributed by atoms with van der Waals surface area (Å²) in [5, 5.41) is 0. The van der Waals surface area contributed by atoms with Crippen LogP contribution in [0.4, 0.5) is 0 Å². The van der Waals surface area contributed by atoms with Crippen molar-refractivity contribution < 1.29 is 13.6 Å². The molecule has 1 heterocycles. The number of rotatable bonds is 5. The Bertz CT molecular complexity index is 160. The van der Waals surface area contributed by atoms with Gasteiger partial charge in [-0.15, -0.1) is 0 Å². The van der Waals surface area contributed by atoms with Crippen molar-refractivity contribution in [3.05, 3.63) is 0 Å². The quantitative estimate of drug-likeness (QED) is 0.453. The summed E-state index contributed by atoms with van der Waals surface area (Å²) in [6.07, 6.45) is 6.73. The van der Waals surface area contributed by atoms with Crippen LogP contribution in [0.25, 0.3) is 0 Å². The number of hydrogen-bond acceptors (Lipinski definition) is 5. The van der Waals surface area contributed by atoms with Crippen molar-refractivity contribution in [1.82, 2.24) is 0 Å². The van der Waals surface area contributed by atoms with E-state index in [2.05, 4.69) is 0 Å². The van der Waals surface area contributed by atoms with Crippen LogP contribution in [0.1, 0.15) is 38.5 Å². The zero-order valence-electron chi connectivity index (χ0n) is 11.0. The van der Waals surface area contributed by atoms with Crippen LogP contribution in [0.3, 0.4) is 0 Å². The Morgan fingerprint density at radius 1 is 0.882 bits per heavy atom. The van der Waals surface area contributed by atoms with Crippen LogP contribution < -0.4 is 11.5 Å². The first-order valence-electron chi connectivity index (χ1n) is 6.01. The summed E-state index contributed by atoms with van der Waals surface area (Å²) in [5.74, 6) is 0. The van der Waals surface area contributed by atoms with Crippen LogP contribution in [0, 0.1) is 0 Å². The molecule has 4 N–H and O–H groups in total. The van der Waals surface area contributed by atoms with Crippen molar-refractivity contribution in [1.29, 1.82) is 0 Å². The largest absolute Gasteiger partial charge is 0.330 e. The van der Waals surface area contributed by atoms with Gasteiger partial charge >= 0.3 is 8.25 Å². The number of unbranched alkanes of at least 4 members (excludes halogenated alkanes) is 3. The maximum atomic E-state index is 10.4. The van der Waals surface area contributed by atoms with Gasteiger partial charge in [0.05, 0.1) is 13.2 Å². The van der Waals surface area contributed by atoms with Crippen LogP contribution in [-0.4, -0.2) is 77.7 Å². The molecule has 0 aromatic carbocycles. The average Bonchev–Trinajstić information content (AvgIpc) is 2.53. The van der Waals surface area contributed by atoms with Gasteiger partial charge in [0.1, 0.15) is 0 Å². The molecule has 0 aromatic rings. The van der Waals surface area contributed by atoms with Crippen molar-refractivity contribution >= 4 is 59.6 Å². The monoisotopic (exact) mass is 291 g/mol. The fourth-order valence-corrected chi connectivity index (χ4v) is 1.90. The first-order valence-corrected chi connectivity index (χ1v) is 7.23. The Balaban J connectivity index is 0. The molecule has 0 amide bonds. The van der Waals surface area contributed by atoms with E-state index in [-0.39, 0.29) is 51.4 Å². The topological polar surface area (TPSA) is 87.6 Å². The zero-order valence-corrected chi connectivity index (χ0v) is 15.1. The summed E-state index contributed by atoms with van der Waals surface area (Å²) in [6, 6.07) is 0. The zero-order chi connectivity index (χ0) is 12.1. The normalized spacial score (nSPS) is 16.4. The molecule has 0 bridgehead atoms. The molecule has 1 radical (unpaired) electrons. The van der Waals surface area contributed by atoms with E-state index in [0.717, 1.165) is 38.8 Å². The molecule has 0 saturated carbocycles. The Hall–Kier alpha value is 1.71.